The molecule has 1 amide bonds. The summed E-state index contributed by atoms with van der Waals surface area (Å²) in [5.74, 6) is -0.0176. The van der Waals surface area contributed by atoms with Gasteiger partial charge in [-0.3, -0.25) is 0 Å². The summed E-state index contributed by atoms with van der Waals surface area (Å²) in [4.78, 5) is 11.9. The fourth-order valence-electron chi connectivity index (χ4n) is 3.04. The van der Waals surface area contributed by atoms with Gasteiger partial charge in [0.1, 0.15) is 5.60 Å². The smallest absolute Gasteiger partial charge is 0.407 e. The highest BCUT2D eigenvalue weighted by Crippen LogP contribution is 2.23. The molecule has 0 aromatic heterocycles. The van der Waals surface area contributed by atoms with E-state index < -0.39 is 21.7 Å². The van der Waals surface area contributed by atoms with Gasteiger partial charge < -0.3 is 10.1 Å². The van der Waals surface area contributed by atoms with Crippen molar-refractivity contribution in [2.45, 2.75) is 64.4 Å². The molecule has 26 heavy (non-hydrogen) atoms. The standard InChI is InChI=1S/C19H30N2O4S/c1-15-8-10-16(11-9-15)14-26(23,24)21-12-6-5-7-17(21)13-20-18(22)25-19(2,3)4/h8-11,17H,5-7,12-14H2,1-4H3,(H,20,22)/t17-/m0/s1. The number of piperidine rings is 1. The van der Waals surface area contributed by atoms with Crippen LogP contribution in [-0.2, 0) is 20.5 Å². The maximum Gasteiger partial charge on any atom is 0.407 e. The van der Waals surface area contributed by atoms with Crippen LogP contribution in [0.3, 0.4) is 0 Å². The summed E-state index contributed by atoms with van der Waals surface area (Å²) >= 11 is 0. The van der Waals surface area contributed by atoms with Gasteiger partial charge in [-0.1, -0.05) is 36.2 Å². The maximum absolute atomic E-state index is 12.9. The monoisotopic (exact) mass is 382 g/mol. The predicted molar refractivity (Wildman–Crippen MR) is 102 cm³/mol. The van der Waals surface area contributed by atoms with Crippen LogP contribution in [0.4, 0.5) is 4.79 Å². The molecule has 0 unspecified atom stereocenters. The molecule has 0 bridgehead atoms. The largest absolute Gasteiger partial charge is 0.444 e. The Labute approximate surface area is 157 Å². The third kappa shape index (κ3) is 6.29. The van der Waals surface area contributed by atoms with E-state index in [0.29, 0.717) is 6.54 Å². The molecule has 1 N–H and O–H groups in total. The van der Waals surface area contributed by atoms with E-state index in [4.69, 9.17) is 4.74 Å². The molecule has 0 aliphatic carbocycles. The highest BCUT2D eigenvalue weighted by atomic mass is 32.2. The first-order chi connectivity index (χ1) is 12.1. The number of carbonyl (C=O) groups excluding carboxylic acids is 1. The zero-order valence-corrected chi connectivity index (χ0v) is 16.9. The molecule has 1 fully saturated rings. The number of hydrogen-bond donors (Lipinski definition) is 1. The van der Waals surface area contributed by atoms with Gasteiger partial charge in [0.15, 0.2) is 0 Å². The van der Waals surface area contributed by atoms with Gasteiger partial charge in [-0.15, -0.1) is 0 Å². The molecule has 0 radical (unpaired) electrons. The van der Waals surface area contributed by atoms with E-state index in [1.807, 2.05) is 31.2 Å². The second kappa shape index (κ2) is 8.39. The predicted octanol–water partition coefficient (Wildman–Crippen LogP) is 3.20. The van der Waals surface area contributed by atoms with Crippen molar-refractivity contribution in [1.29, 1.82) is 0 Å². The Balaban J connectivity index is 2.02. The number of ether oxygens (including phenoxy) is 1. The number of sulfonamides is 1. The summed E-state index contributed by atoms with van der Waals surface area (Å²) in [6, 6.07) is 7.31. The number of amides is 1. The second-order valence-corrected chi connectivity index (χ2v) is 9.81. The minimum atomic E-state index is -3.44. The Hall–Kier alpha value is -1.60. The lowest BCUT2D eigenvalue weighted by atomic mass is 10.1. The highest BCUT2D eigenvalue weighted by Gasteiger charge is 2.32. The summed E-state index contributed by atoms with van der Waals surface area (Å²) in [5, 5.41) is 2.72. The van der Waals surface area contributed by atoms with Gasteiger partial charge in [0, 0.05) is 19.1 Å². The van der Waals surface area contributed by atoms with Gasteiger partial charge in [-0.2, -0.15) is 4.31 Å². The average Bonchev–Trinajstić information content (AvgIpc) is 2.53. The van der Waals surface area contributed by atoms with Crippen molar-refractivity contribution < 1.29 is 17.9 Å². The number of aryl methyl sites for hydroxylation is 1. The zero-order valence-electron chi connectivity index (χ0n) is 16.1. The Kier molecular flexibility index (Phi) is 6.69. The van der Waals surface area contributed by atoms with Gasteiger partial charge in [-0.05, 0) is 46.1 Å². The van der Waals surface area contributed by atoms with Gasteiger partial charge >= 0.3 is 6.09 Å². The van der Waals surface area contributed by atoms with E-state index in [2.05, 4.69) is 5.32 Å². The van der Waals surface area contributed by atoms with E-state index in [1.54, 1.807) is 25.1 Å². The molecule has 1 aromatic rings. The third-order valence-corrected chi connectivity index (χ3v) is 6.17. The van der Waals surface area contributed by atoms with Crippen LogP contribution in [0.5, 0.6) is 0 Å². The SMILES string of the molecule is Cc1ccc(CS(=O)(=O)N2CCCC[C@H]2CNC(=O)OC(C)(C)C)cc1. The van der Waals surface area contributed by atoms with Crippen LogP contribution in [0.2, 0.25) is 0 Å². The molecule has 1 aromatic carbocycles. The molecular formula is C19H30N2O4S. The Bertz CT molecular complexity index is 708. The van der Waals surface area contributed by atoms with Crippen LogP contribution in [0.15, 0.2) is 24.3 Å². The van der Waals surface area contributed by atoms with Gasteiger partial charge in [0.25, 0.3) is 0 Å². The summed E-state index contributed by atoms with van der Waals surface area (Å²) < 4.78 is 32.6. The molecule has 1 saturated heterocycles. The zero-order chi connectivity index (χ0) is 19.4. The first-order valence-electron chi connectivity index (χ1n) is 9.09. The van der Waals surface area contributed by atoms with Crippen molar-refractivity contribution in [2.75, 3.05) is 13.1 Å². The molecule has 6 nitrogen and oxygen atoms in total. The minimum Gasteiger partial charge on any atom is -0.444 e. The number of carbonyl (C=O) groups is 1. The molecule has 2 rings (SSSR count). The first kappa shape index (κ1) is 20.7. The van der Waals surface area contributed by atoms with E-state index in [-0.39, 0.29) is 18.3 Å². The number of nitrogens with zero attached hydrogens (tertiary/aromatic N) is 1. The van der Waals surface area contributed by atoms with Gasteiger partial charge in [0.05, 0.1) is 5.75 Å². The van der Waals surface area contributed by atoms with Gasteiger partial charge in [-0.25, -0.2) is 13.2 Å². The van der Waals surface area contributed by atoms with Crippen molar-refractivity contribution in [2.24, 2.45) is 0 Å². The molecule has 0 spiro atoms. The van der Waals surface area contributed by atoms with Crippen LogP contribution in [0.25, 0.3) is 0 Å². The van der Waals surface area contributed by atoms with Crippen LogP contribution in [0, 0.1) is 6.92 Å². The average molecular weight is 383 g/mol. The van der Waals surface area contributed by atoms with Crippen molar-refractivity contribution in [1.82, 2.24) is 9.62 Å². The normalized spacial score (nSPS) is 19.2. The molecular weight excluding hydrogens is 352 g/mol. The van der Waals surface area contributed by atoms with Crippen LogP contribution < -0.4 is 5.32 Å². The second-order valence-electron chi connectivity index (χ2n) is 7.88. The molecule has 1 atom stereocenters. The van der Waals surface area contributed by atoms with Crippen LogP contribution >= 0.6 is 0 Å². The van der Waals surface area contributed by atoms with Gasteiger partial charge in [0.2, 0.25) is 10.0 Å². The van der Waals surface area contributed by atoms with E-state index in [0.717, 1.165) is 30.4 Å². The number of rotatable bonds is 5. The quantitative estimate of drug-likeness (QED) is 0.848. The van der Waals surface area contributed by atoms with Crippen molar-refractivity contribution >= 4 is 16.1 Å². The lowest BCUT2D eigenvalue weighted by Gasteiger charge is -2.35. The molecule has 0 saturated carbocycles. The molecule has 1 aliphatic rings. The van der Waals surface area contributed by atoms with E-state index >= 15 is 0 Å². The summed E-state index contributed by atoms with van der Waals surface area (Å²) in [6.45, 7) is 8.13. The lowest BCUT2D eigenvalue weighted by molar-refractivity contribution is 0.0512. The lowest BCUT2D eigenvalue weighted by Crippen LogP contribution is -2.50. The Morgan fingerprint density at radius 1 is 1.23 bits per heavy atom. The number of nitrogens with one attached hydrogen (secondary N) is 1. The molecule has 1 aliphatic heterocycles. The fraction of sp³-hybridized carbons (Fsp3) is 0.632. The topological polar surface area (TPSA) is 75.7 Å². The van der Waals surface area contributed by atoms with Crippen LogP contribution in [0.1, 0.15) is 51.2 Å². The number of benzene rings is 1. The molecule has 146 valence electrons. The first-order valence-corrected chi connectivity index (χ1v) is 10.7. The molecule has 1 heterocycles. The van der Waals surface area contributed by atoms with Crippen molar-refractivity contribution in [3.05, 3.63) is 35.4 Å². The minimum absolute atomic E-state index is 0.0176. The third-order valence-electron chi connectivity index (χ3n) is 4.28. The Morgan fingerprint density at radius 2 is 1.88 bits per heavy atom. The summed E-state index contributed by atoms with van der Waals surface area (Å²) in [5.41, 5.74) is 1.30. The number of alkyl carbamates (subject to hydrolysis) is 1. The number of hydrogen-bond acceptors (Lipinski definition) is 4. The van der Waals surface area contributed by atoms with Crippen molar-refractivity contribution in [3.8, 4) is 0 Å². The Morgan fingerprint density at radius 3 is 2.50 bits per heavy atom. The summed E-state index contributed by atoms with van der Waals surface area (Å²) in [6.07, 6.45) is 2.02. The fourth-order valence-corrected chi connectivity index (χ4v) is 4.86. The van der Waals surface area contributed by atoms with E-state index in [1.165, 1.54) is 0 Å². The molecule has 7 heteroatoms. The maximum atomic E-state index is 12.9. The highest BCUT2D eigenvalue weighted by molar-refractivity contribution is 7.88. The van der Waals surface area contributed by atoms with E-state index in [9.17, 15) is 13.2 Å². The van der Waals surface area contributed by atoms with Crippen LogP contribution in [-0.4, -0.2) is 43.5 Å². The van der Waals surface area contributed by atoms with Crippen molar-refractivity contribution in [3.63, 3.8) is 0 Å². The summed E-state index contributed by atoms with van der Waals surface area (Å²) in [7, 11) is -3.44.